The smallest absolute Gasteiger partial charge is 0.488 e. The SMILES string of the molecule is Cc1ccc(C)c(OCc2cc(F)cc(B(O)O)c2)c1C. The highest BCUT2D eigenvalue weighted by Gasteiger charge is 2.14. The van der Waals surface area contributed by atoms with Gasteiger partial charge in [-0.05, 0) is 60.6 Å². The second kappa shape index (κ2) is 6.29. The van der Waals surface area contributed by atoms with Crippen LogP contribution in [0.1, 0.15) is 22.3 Å². The average Bonchev–Trinajstić information content (AvgIpc) is 2.42. The number of aryl methyl sites for hydroxylation is 2. The Morgan fingerprint density at radius 2 is 1.71 bits per heavy atom. The number of halogens is 1. The third-order valence-electron chi connectivity index (χ3n) is 3.53. The van der Waals surface area contributed by atoms with Crippen LogP contribution in [0.5, 0.6) is 5.75 Å². The maximum absolute atomic E-state index is 13.5. The first-order valence-electron chi connectivity index (χ1n) is 6.73. The number of benzene rings is 2. The summed E-state index contributed by atoms with van der Waals surface area (Å²) in [7, 11) is -1.69. The predicted octanol–water partition coefficient (Wildman–Crippen LogP) is 2.01. The maximum atomic E-state index is 13.5. The van der Waals surface area contributed by atoms with Crippen LogP contribution >= 0.6 is 0 Å². The van der Waals surface area contributed by atoms with Crippen molar-refractivity contribution in [2.45, 2.75) is 27.4 Å². The number of hydrogen-bond donors (Lipinski definition) is 2. The molecule has 0 saturated heterocycles. The van der Waals surface area contributed by atoms with Crippen LogP contribution < -0.4 is 10.2 Å². The molecule has 0 radical (unpaired) electrons. The zero-order valence-corrected chi connectivity index (χ0v) is 12.4. The van der Waals surface area contributed by atoms with E-state index in [2.05, 4.69) is 0 Å². The molecule has 0 atom stereocenters. The Morgan fingerprint density at radius 1 is 1.05 bits per heavy atom. The van der Waals surface area contributed by atoms with Gasteiger partial charge in [-0.2, -0.15) is 0 Å². The summed E-state index contributed by atoms with van der Waals surface area (Å²) < 4.78 is 19.3. The average molecular weight is 288 g/mol. The molecule has 5 heteroatoms. The summed E-state index contributed by atoms with van der Waals surface area (Å²) >= 11 is 0. The van der Waals surface area contributed by atoms with Gasteiger partial charge in [-0.1, -0.05) is 18.2 Å². The van der Waals surface area contributed by atoms with E-state index in [0.29, 0.717) is 5.56 Å². The van der Waals surface area contributed by atoms with Gasteiger partial charge in [0.15, 0.2) is 0 Å². The molecular weight excluding hydrogens is 270 g/mol. The third-order valence-corrected chi connectivity index (χ3v) is 3.53. The van der Waals surface area contributed by atoms with E-state index in [9.17, 15) is 4.39 Å². The largest absolute Gasteiger partial charge is 0.488 e. The summed E-state index contributed by atoms with van der Waals surface area (Å²) in [5.74, 6) is 0.266. The number of ether oxygens (including phenoxy) is 1. The van der Waals surface area contributed by atoms with Crippen LogP contribution in [0.2, 0.25) is 0 Å². The van der Waals surface area contributed by atoms with Crippen LogP contribution in [0.15, 0.2) is 30.3 Å². The molecule has 0 unspecified atom stereocenters. The molecule has 0 aliphatic heterocycles. The summed E-state index contributed by atoms with van der Waals surface area (Å²) in [4.78, 5) is 0. The summed E-state index contributed by atoms with van der Waals surface area (Å²) in [6.45, 7) is 6.11. The van der Waals surface area contributed by atoms with Crippen molar-refractivity contribution >= 4 is 12.6 Å². The first kappa shape index (κ1) is 15.5. The molecule has 0 amide bonds. The van der Waals surface area contributed by atoms with Crippen molar-refractivity contribution in [1.82, 2.24) is 0 Å². The second-order valence-corrected chi connectivity index (χ2v) is 5.21. The minimum absolute atomic E-state index is 0.117. The van der Waals surface area contributed by atoms with Crippen molar-refractivity contribution in [3.05, 3.63) is 58.4 Å². The Kier molecular flexibility index (Phi) is 4.65. The number of rotatable bonds is 4. The van der Waals surface area contributed by atoms with E-state index in [1.54, 1.807) is 0 Å². The molecule has 0 spiro atoms. The highest BCUT2D eigenvalue weighted by molar-refractivity contribution is 6.58. The van der Waals surface area contributed by atoms with E-state index >= 15 is 0 Å². The first-order chi connectivity index (χ1) is 9.88. The monoisotopic (exact) mass is 288 g/mol. The number of hydrogen-bond acceptors (Lipinski definition) is 3. The van der Waals surface area contributed by atoms with Crippen LogP contribution in [0.3, 0.4) is 0 Å². The van der Waals surface area contributed by atoms with Crippen LogP contribution in [-0.4, -0.2) is 17.2 Å². The fraction of sp³-hybridized carbons (Fsp3) is 0.250. The van der Waals surface area contributed by atoms with E-state index < -0.39 is 12.9 Å². The van der Waals surface area contributed by atoms with Crippen molar-refractivity contribution in [2.24, 2.45) is 0 Å². The Bertz CT molecular complexity index is 656. The Labute approximate surface area is 124 Å². The van der Waals surface area contributed by atoms with E-state index in [4.69, 9.17) is 14.8 Å². The Balaban J connectivity index is 2.23. The normalized spacial score (nSPS) is 10.6. The van der Waals surface area contributed by atoms with Gasteiger partial charge in [0.05, 0.1) is 0 Å². The fourth-order valence-electron chi connectivity index (χ4n) is 2.21. The lowest BCUT2D eigenvalue weighted by Gasteiger charge is -2.14. The molecule has 2 aromatic rings. The minimum Gasteiger partial charge on any atom is -0.488 e. The van der Waals surface area contributed by atoms with Gasteiger partial charge in [0.25, 0.3) is 0 Å². The topological polar surface area (TPSA) is 49.7 Å². The van der Waals surface area contributed by atoms with Crippen molar-refractivity contribution < 1.29 is 19.2 Å². The van der Waals surface area contributed by atoms with E-state index in [1.165, 1.54) is 12.1 Å². The van der Waals surface area contributed by atoms with Gasteiger partial charge in [0.2, 0.25) is 0 Å². The van der Waals surface area contributed by atoms with Crippen LogP contribution in [0.4, 0.5) is 4.39 Å². The van der Waals surface area contributed by atoms with Crippen LogP contribution in [0.25, 0.3) is 0 Å². The van der Waals surface area contributed by atoms with Crippen LogP contribution in [-0.2, 0) is 6.61 Å². The van der Waals surface area contributed by atoms with Crippen molar-refractivity contribution in [1.29, 1.82) is 0 Å². The fourth-order valence-corrected chi connectivity index (χ4v) is 2.21. The molecule has 21 heavy (non-hydrogen) atoms. The molecule has 0 aliphatic rings. The van der Waals surface area contributed by atoms with Gasteiger partial charge in [0.1, 0.15) is 18.2 Å². The standard InChI is InChI=1S/C16H18BFO3/c1-10-4-5-11(2)16(12(10)3)21-9-13-6-14(17(19)20)8-15(18)7-13/h4-8,19-20H,9H2,1-3H3. The summed E-state index contributed by atoms with van der Waals surface area (Å²) in [6, 6.07) is 7.95. The summed E-state index contributed by atoms with van der Waals surface area (Å²) in [6.07, 6.45) is 0. The highest BCUT2D eigenvalue weighted by Crippen LogP contribution is 2.26. The third kappa shape index (κ3) is 3.62. The lowest BCUT2D eigenvalue weighted by atomic mass is 9.79. The molecule has 0 aliphatic carbocycles. The molecule has 0 bridgehead atoms. The van der Waals surface area contributed by atoms with Gasteiger partial charge in [-0.3, -0.25) is 0 Å². The predicted molar refractivity (Wildman–Crippen MR) is 81.2 cm³/mol. The molecular formula is C16H18BFO3. The molecule has 2 N–H and O–H groups in total. The Morgan fingerprint density at radius 3 is 2.38 bits per heavy atom. The van der Waals surface area contributed by atoms with Crippen molar-refractivity contribution in [2.75, 3.05) is 0 Å². The van der Waals surface area contributed by atoms with E-state index in [-0.39, 0.29) is 12.1 Å². The molecule has 0 aromatic heterocycles. The zero-order chi connectivity index (χ0) is 15.6. The van der Waals surface area contributed by atoms with E-state index in [0.717, 1.165) is 28.5 Å². The molecule has 0 saturated carbocycles. The molecule has 0 heterocycles. The van der Waals surface area contributed by atoms with Gasteiger partial charge in [-0.15, -0.1) is 0 Å². The van der Waals surface area contributed by atoms with Gasteiger partial charge in [0, 0.05) is 0 Å². The van der Waals surface area contributed by atoms with Crippen molar-refractivity contribution in [3.63, 3.8) is 0 Å². The molecule has 2 rings (SSSR count). The Hall–Kier alpha value is -1.85. The maximum Gasteiger partial charge on any atom is 0.488 e. The van der Waals surface area contributed by atoms with Gasteiger partial charge < -0.3 is 14.8 Å². The van der Waals surface area contributed by atoms with Gasteiger partial charge in [-0.25, -0.2) is 4.39 Å². The lowest BCUT2D eigenvalue weighted by Crippen LogP contribution is -2.30. The molecule has 3 nitrogen and oxygen atoms in total. The summed E-state index contributed by atoms with van der Waals surface area (Å²) in [5, 5.41) is 18.3. The quantitative estimate of drug-likeness (QED) is 0.846. The summed E-state index contributed by atoms with van der Waals surface area (Å²) in [5.41, 5.74) is 3.86. The molecule has 110 valence electrons. The van der Waals surface area contributed by atoms with Gasteiger partial charge >= 0.3 is 7.12 Å². The van der Waals surface area contributed by atoms with E-state index in [1.807, 2.05) is 32.9 Å². The second-order valence-electron chi connectivity index (χ2n) is 5.21. The van der Waals surface area contributed by atoms with Crippen molar-refractivity contribution in [3.8, 4) is 5.75 Å². The minimum atomic E-state index is -1.69. The van der Waals surface area contributed by atoms with Crippen LogP contribution in [0, 0.1) is 26.6 Å². The highest BCUT2D eigenvalue weighted by atomic mass is 19.1. The molecule has 2 aromatic carbocycles. The first-order valence-corrected chi connectivity index (χ1v) is 6.73. The molecule has 0 fully saturated rings. The zero-order valence-electron chi connectivity index (χ0n) is 12.4. The lowest BCUT2D eigenvalue weighted by molar-refractivity contribution is 0.301.